The van der Waals surface area contributed by atoms with Crippen molar-refractivity contribution in [3.05, 3.63) is 39.9 Å². The summed E-state index contributed by atoms with van der Waals surface area (Å²) in [6.45, 7) is 8.25. The number of benzene rings is 1. The minimum absolute atomic E-state index is 0.104. The van der Waals surface area contributed by atoms with Crippen LogP contribution >= 0.6 is 11.3 Å². The van der Waals surface area contributed by atoms with Crippen LogP contribution in [0.15, 0.2) is 18.2 Å². The highest BCUT2D eigenvalue weighted by Crippen LogP contribution is 2.42. The molecule has 1 aliphatic heterocycles. The van der Waals surface area contributed by atoms with Crippen LogP contribution in [0, 0.1) is 11.3 Å². The first kappa shape index (κ1) is 23.9. The number of hydrogen-bond donors (Lipinski definition) is 0. The number of nitriles is 1. The maximum absolute atomic E-state index is 13.1. The van der Waals surface area contributed by atoms with Gasteiger partial charge in [0.05, 0.1) is 0 Å². The number of Topliss-reactive ketones (excluding diaryl/α,β-unsaturated/α-hetero) is 2. The van der Waals surface area contributed by atoms with E-state index in [2.05, 4.69) is 4.98 Å². The molecule has 2 aromatic rings. The third kappa shape index (κ3) is 4.27. The Bertz CT molecular complexity index is 1100. The number of thiazole rings is 1. The van der Waals surface area contributed by atoms with E-state index in [1.54, 1.807) is 33.8 Å². The molecule has 0 saturated carbocycles. The average Bonchev–Trinajstić information content (AvgIpc) is 3.10. The van der Waals surface area contributed by atoms with Crippen molar-refractivity contribution in [1.29, 1.82) is 5.26 Å². The van der Waals surface area contributed by atoms with Crippen LogP contribution in [0.4, 0.5) is 13.2 Å². The summed E-state index contributed by atoms with van der Waals surface area (Å²) >= 11 is 0.465. The van der Waals surface area contributed by atoms with Gasteiger partial charge >= 0.3 is 6.18 Å². The van der Waals surface area contributed by atoms with Gasteiger partial charge in [0.2, 0.25) is 0 Å². The fourth-order valence-corrected chi connectivity index (χ4v) is 4.53. The highest BCUT2D eigenvalue weighted by atomic mass is 32.1. The number of aromatic nitrogens is 1. The van der Waals surface area contributed by atoms with Gasteiger partial charge < -0.3 is 9.47 Å². The van der Waals surface area contributed by atoms with Crippen LogP contribution in [0.1, 0.15) is 62.2 Å². The number of hydrogen-bond acceptors (Lipinski definition) is 7. The van der Waals surface area contributed by atoms with Crippen LogP contribution < -0.4 is 4.74 Å². The fraction of sp³-hybridized carbons (Fsp3) is 0.455. The summed E-state index contributed by atoms with van der Waals surface area (Å²) < 4.78 is 50.5. The second-order valence-corrected chi connectivity index (χ2v) is 9.33. The first-order valence-corrected chi connectivity index (χ1v) is 10.6. The van der Waals surface area contributed by atoms with E-state index in [4.69, 9.17) is 14.7 Å². The van der Waals surface area contributed by atoms with E-state index in [-0.39, 0.29) is 10.9 Å². The Morgan fingerprint density at radius 2 is 1.78 bits per heavy atom. The van der Waals surface area contributed by atoms with E-state index in [0.29, 0.717) is 23.3 Å². The molecule has 0 atom stereocenters. The molecule has 1 aromatic heterocycles. The Hall–Kier alpha value is -2.77. The minimum atomic E-state index is -4.79. The molecule has 10 heteroatoms. The number of alkyl halides is 3. The summed E-state index contributed by atoms with van der Waals surface area (Å²) in [5.74, 6) is -1.82. The van der Waals surface area contributed by atoms with Crippen LogP contribution in [-0.4, -0.2) is 27.8 Å². The second kappa shape index (κ2) is 7.98. The van der Waals surface area contributed by atoms with Gasteiger partial charge in [0.1, 0.15) is 33.8 Å². The number of rotatable bonds is 4. The zero-order chi connectivity index (χ0) is 24.1. The monoisotopic (exact) mass is 466 g/mol. The molecular weight excluding hydrogens is 445 g/mol. The van der Waals surface area contributed by atoms with Gasteiger partial charge in [0, 0.05) is 0 Å². The standard InChI is InChI=1S/C22H21F3N2O4S/c1-6-11-7-8-12(30-19-27-16(22(23,24)25)14(10-26)32-19)9-13(11)15-17(28)20(2,3)31-21(4,5)18(15)29/h7-9,15H,6H2,1-5H3. The first-order valence-electron chi connectivity index (χ1n) is 9.79. The van der Waals surface area contributed by atoms with Crippen molar-refractivity contribution >= 4 is 22.9 Å². The van der Waals surface area contributed by atoms with Crippen molar-refractivity contribution in [1.82, 2.24) is 4.98 Å². The van der Waals surface area contributed by atoms with E-state index < -0.39 is 45.4 Å². The van der Waals surface area contributed by atoms with Crippen molar-refractivity contribution in [3.63, 3.8) is 0 Å². The molecule has 170 valence electrons. The lowest BCUT2D eigenvalue weighted by Gasteiger charge is -2.43. The lowest BCUT2D eigenvalue weighted by Crippen LogP contribution is -2.58. The lowest BCUT2D eigenvalue weighted by molar-refractivity contribution is -0.184. The Labute approximate surface area is 187 Å². The van der Waals surface area contributed by atoms with Crippen molar-refractivity contribution < 1.29 is 32.2 Å². The zero-order valence-electron chi connectivity index (χ0n) is 18.1. The van der Waals surface area contributed by atoms with Crippen LogP contribution in [0.2, 0.25) is 0 Å². The molecule has 0 amide bonds. The van der Waals surface area contributed by atoms with Crippen LogP contribution in [0.3, 0.4) is 0 Å². The van der Waals surface area contributed by atoms with E-state index in [1.807, 2.05) is 6.92 Å². The molecule has 1 saturated heterocycles. The van der Waals surface area contributed by atoms with Gasteiger partial charge in [-0.15, -0.1) is 0 Å². The summed E-state index contributed by atoms with van der Waals surface area (Å²) in [5, 5.41) is 8.61. The minimum Gasteiger partial charge on any atom is -0.431 e. The molecular formula is C22H21F3N2O4S. The number of nitrogens with zero attached hydrogens (tertiary/aromatic N) is 2. The van der Waals surface area contributed by atoms with Crippen molar-refractivity contribution in [2.75, 3.05) is 0 Å². The van der Waals surface area contributed by atoms with Crippen LogP contribution in [0.25, 0.3) is 0 Å². The van der Waals surface area contributed by atoms with Crippen LogP contribution in [-0.2, 0) is 26.9 Å². The number of ether oxygens (including phenoxy) is 2. The molecule has 0 spiro atoms. The molecule has 1 fully saturated rings. The van der Waals surface area contributed by atoms with Crippen molar-refractivity contribution in [2.24, 2.45) is 0 Å². The third-order valence-electron chi connectivity index (χ3n) is 5.21. The summed E-state index contributed by atoms with van der Waals surface area (Å²) in [6.07, 6.45) is -4.28. The number of carbonyl (C=O) groups is 2. The summed E-state index contributed by atoms with van der Waals surface area (Å²) in [6, 6.07) is 6.12. The quantitative estimate of drug-likeness (QED) is 0.576. The van der Waals surface area contributed by atoms with E-state index in [0.717, 1.165) is 5.56 Å². The normalized spacial score (nSPS) is 18.5. The molecule has 0 radical (unpaired) electrons. The molecule has 1 aromatic carbocycles. The Balaban J connectivity index is 2.05. The second-order valence-electron chi connectivity index (χ2n) is 8.37. The van der Waals surface area contributed by atoms with Gasteiger partial charge in [-0.3, -0.25) is 9.59 Å². The number of carbonyl (C=O) groups excluding carboxylic acids is 2. The van der Waals surface area contributed by atoms with E-state index in [1.165, 1.54) is 18.2 Å². The Morgan fingerprint density at radius 1 is 1.19 bits per heavy atom. The van der Waals surface area contributed by atoms with Gasteiger partial charge in [0.15, 0.2) is 17.3 Å². The third-order valence-corrected chi connectivity index (χ3v) is 6.05. The summed E-state index contributed by atoms with van der Waals surface area (Å²) in [5.41, 5.74) is -2.59. The smallest absolute Gasteiger partial charge is 0.431 e. The molecule has 0 aliphatic carbocycles. The van der Waals surface area contributed by atoms with E-state index >= 15 is 0 Å². The van der Waals surface area contributed by atoms with Crippen LogP contribution in [0.5, 0.6) is 10.9 Å². The van der Waals surface area contributed by atoms with Gasteiger partial charge in [-0.25, -0.2) is 0 Å². The summed E-state index contributed by atoms with van der Waals surface area (Å²) in [7, 11) is 0. The topological polar surface area (TPSA) is 89.3 Å². The molecule has 32 heavy (non-hydrogen) atoms. The average molecular weight is 466 g/mol. The highest BCUT2D eigenvalue weighted by Gasteiger charge is 2.53. The van der Waals surface area contributed by atoms with Gasteiger partial charge in [-0.1, -0.05) is 24.3 Å². The molecule has 0 N–H and O–H groups in total. The lowest BCUT2D eigenvalue weighted by atomic mass is 9.73. The maximum Gasteiger partial charge on any atom is 0.435 e. The fourth-order valence-electron chi connectivity index (χ4n) is 3.78. The highest BCUT2D eigenvalue weighted by molar-refractivity contribution is 7.14. The number of halogens is 3. The number of ketones is 2. The molecule has 3 rings (SSSR count). The first-order chi connectivity index (χ1) is 14.7. The molecule has 0 unspecified atom stereocenters. The Morgan fingerprint density at radius 3 is 2.25 bits per heavy atom. The molecule has 0 bridgehead atoms. The van der Waals surface area contributed by atoms with Gasteiger partial charge in [-0.05, 0) is 57.4 Å². The molecule has 2 heterocycles. The van der Waals surface area contributed by atoms with Gasteiger partial charge in [-0.2, -0.15) is 23.4 Å². The molecule has 1 aliphatic rings. The summed E-state index contributed by atoms with van der Waals surface area (Å²) in [4.78, 5) is 29.0. The predicted octanol–water partition coefficient (Wildman–Crippen LogP) is 5.20. The predicted molar refractivity (Wildman–Crippen MR) is 110 cm³/mol. The van der Waals surface area contributed by atoms with Gasteiger partial charge in [0.25, 0.3) is 5.19 Å². The molecule has 6 nitrogen and oxygen atoms in total. The van der Waals surface area contributed by atoms with E-state index in [9.17, 15) is 22.8 Å². The SMILES string of the molecule is CCc1ccc(Oc2nc(C(F)(F)F)c(C#N)s2)cc1C1C(=O)C(C)(C)OC(C)(C)C1=O. The maximum atomic E-state index is 13.1. The largest absolute Gasteiger partial charge is 0.435 e. The Kier molecular flexibility index (Phi) is 5.95. The zero-order valence-corrected chi connectivity index (χ0v) is 18.9. The number of aryl methyl sites for hydroxylation is 1. The van der Waals surface area contributed by atoms with Crippen molar-refractivity contribution in [2.45, 2.75) is 64.3 Å². The van der Waals surface area contributed by atoms with Crippen molar-refractivity contribution in [3.8, 4) is 17.0 Å².